The number of carboxylic acids is 1. The fourth-order valence-electron chi connectivity index (χ4n) is 3.76. The first kappa shape index (κ1) is 34.9. The summed E-state index contributed by atoms with van der Waals surface area (Å²) in [6, 6.07) is 19.7. The molecule has 8 N–H and O–H groups in total. The number of hydrogen-bond acceptors (Lipinski definition) is 7. The predicted molar refractivity (Wildman–Crippen MR) is 155 cm³/mol. The Labute approximate surface area is 249 Å². The Balaban J connectivity index is 0.000000326. The number of nitrogens with one attached hydrogen (secondary N) is 3. The maximum atomic E-state index is 12.1. The summed E-state index contributed by atoms with van der Waals surface area (Å²) >= 11 is 0. The first-order valence-corrected chi connectivity index (χ1v) is 13.1. The van der Waals surface area contributed by atoms with Crippen LogP contribution in [0.2, 0.25) is 0 Å². The summed E-state index contributed by atoms with van der Waals surface area (Å²) < 4.78 is 36.2. The van der Waals surface area contributed by atoms with Gasteiger partial charge in [0.2, 0.25) is 12.5 Å². The largest absolute Gasteiger partial charge is 0.480 e. The molecule has 0 spiro atoms. The molecule has 3 aromatic rings. The number of rotatable bonds is 11. The molecule has 0 aromatic heterocycles. The van der Waals surface area contributed by atoms with Crippen LogP contribution in [0.5, 0.6) is 0 Å². The Bertz CT molecular complexity index is 1450. The molecule has 44 heavy (non-hydrogen) atoms. The Morgan fingerprint density at radius 2 is 1.61 bits per heavy atom. The predicted octanol–water partition coefficient (Wildman–Crippen LogP) is 2.02. The second kappa shape index (κ2) is 17.0. The van der Waals surface area contributed by atoms with Crippen LogP contribution in [0.3, 0.4) is 0 Å². The zero-order chi connectivity index (χ0) is 32.7. The van der Waals surface area contributed by atoms with Gasteiger partial charge in [0.1, 0.15) is 0 Å². The van der Waals surface area contributed by atoms with Gasteiger partial charge in [-0.2, -0.15) is 13.2 Å². The highest BCUT2D eigenvalue weighted by Gasteiger charge is 2.38. The molecule has 0 unspecified atom stereocenters. The first-order valence-electron chi connectivity index (χ1n) is 13.1. The van der Waals surface area contributed by atoms with E-state index in [-0.39, 0.29) is 31.9 Å². The summed E-state index contributed by atoms with van der Waals surface area (Å²) in [6.45, 7) is -0.503. The first-order chi connectivity index (χ1) is 20.8. The number of amides is 2. The van der Waals surface area contributed by atoms with Crippen molar-refractivity contribution in [1.82, 2.24) is 16.2 Å². The quantitative estimate of drug-likeness (QED) is 0.0800. The molecule has 236 valence electrons. The molecule has 16 heteroatoms. The summed E-state index contributed by atoms with van der Waals surface area (Å²) in [5, 5.41) is 23.0. The van der Waals surface area contributed by atoms with Gasteiger partial charge in [0.25, 0.3) is 5.91 Å². The molecule has 0 radical (unpaired) electrons. The standard InChI is InChI=1S/C15H22N6O5.C13H10F3NO/c16-11(9-10-5-2-1-3-6-10)13(22)19-20-15(17)18-12(14(23)24)7-4-8-21(25)26;14-13(15,16)12(18)17-8-10-6-3-5-9-4-1-2-7-11(9)10/h1-3,5-6,11-12H,4,7-9,16H2,(H,19,22)(H,23,24)(H3,17,18,20);1-7H,8H2,(H,17,18)/t11-,12+;/m1./s1. The van der Waals surface area contributed by atoms with Crippen LogP contribution in [0.25, 0.3) is 10.8 Å². The van der Waals surface area contributed by atoms with Gasteiger partial charge in [-0.1, -0.05) is 72.8 Å². The Hall–Kier alpha value is -5.25. The molecule has 0 saturated heterocycles. The normalized spacial score (nSPS) is 12.7. The SMILES string of the molecule is NC(=N[C@@H](CCC[N+](=O)[O-])C(=O)O)NNC(=O)[C@H](N)Cc1ccccc1.O=C(NCc1cccc2ccccc12)C(F)(F)F. The second-order valence-electron chi connectivity index (χ2n) is 9.30. The molecule has 0 heterocycles. The zero-order valence-corrected chi connectivity index (χ0v) is 23.3. The smallest absolute Gasteiger partial charge is 0.471 e. The zero-order valence-electron chi connectivity index (χ0n) is 23.3. The van der Waals surface area contributed by atoms with E-state index in [4.69, 9.17) is 16.6 Å². The highest BCUT2D eigenvalue weighted by Crippen LogP contribution is 2.19. The minimum Gasteiger partial charge on any atom is -0.480 e. The molecule has 3 rings (SSSR count). The Kier molecular flexibility index (Phi) is 13.5. The van der Waals surface area contributed by atoms with E-state index in [9.17, 15) is 37.7 Å². The molecule has 0 bridgehead atoms. The number of hydrogen-bond donors (Lipinski definition) is 6. The number of nitrogens with two attached hydrogens (primary N) is 2. The highest BCUT2D eigenvalue weighted by atomic mass is 19.4. The van der Waals surface area contributed by atoms with E-state index in [2.05, 4.69) is 15.8 Å². The van der Waals surface area contributed by atoms with Crippen molar-refractivity contribution in [3.8, 4) is 0 Å². The van der Waals surface area contributed by atoms with Crippen LogP contribution in [-0.4, -0.2) is 58.6 Å². The summed E-state index contributed by atoms with van der Waals surface area (Å²) in [4.78, 5) is 47.2. The maximum Gasteiger partial charge on any atom is 0.471 e. The topological polar surface area (TPSA) is 215 Å². The van der Waals surface area contributed by atoms with Crippen LogP contribution in [0.15, 0.2) is 77.8 Å². The van der Waals surface area contributed by atoms with Crippen molar-refractivity contribution in [2.24, 2.45) is 16.5 Å². The van der Waals surface area contributed by atoms with E-state index < -0.39 is 41.0 Å². The Morgan fingerprint density at radius 3 is 2.25 bits per heavy atom. The molecule has 13 nitrogen and oxygen atoms in total. The third-order valence-corrected chi connectivity index (χ3v) is 5.92. The Morgan fingerprint density at radius 1 is 0.977 bits per heavy atom. The van der Waals surface area contributed by atoms with E-state index >= 15 is 0 Å². The van der Waals surface area contributed by atoms with E-state index in [1.54, 1.807) is 18.2 Å². The molecule has 3 aromatic carbocycles. The van der Waals surface area contributed by atoms with Crippen molar-refractivity contribution in [1.29, 1.82) is 0 Å². The molecule has 0 fully saturated rings. The van der Waals surface area contributed by atoms with Gasteiger partial charge in [-0.25, -0.2) is 9.79 Å². The van der Waals surface area contributed by atoms with Gasteiger partial charge in [-0.05, 0) is 34.7 Å². The van der Waals surface area contributed by atoms with Crippen LogP contribution in [-0.2, 0) is 27.3 Å². The van der Waals surface area contributed by atoms with Crippen molar-refractivity contribution in [3.05, 3.63) is 94.0 Å². The summed E-state index contributed by atoms with van der Waals surface area (Å²) in [5.41, 5.74) is 17.4. The number of alkyl halides is 3. The number of guanidine groups is 1. The molecule has 2 atom stereocenters. The number of hydrazine groups is 1. The van der Waals surface area contributed by atoms with Crippen LogP contribution in [0, 0.1) is 10.1 Å². The minimum atomic E-state index is -4.84. The summed E-state index contributed by atoms with van der Waals surface area (Å²) in [7, 11) is 0. The van der Waals surface area contributed by atoms with Crippen LogP contribution in [0.4, 0.5) is 13.2 Å². The number of carbonyl (C=O) groups is 3. The van der Waals surface area contributed by atoms with Gasteiger partial charge in [-0.15, -0.1) is 0 Å². The lowest BCUT2D eigenvalue weighted by Gasteiger charge is -2.14. The number of carboxylic acid groups (broad SMARTS) is 1. The number of carbonyl (C=O) groups excluding carboxylic acids is 2. The van der Waals surface area contributed by atoms with Crippen LogP contribution in [0.1, 0.15) is 24.0 Å². The second-order valence-corrected chi connectivity index (χ2v) is 9.30. The maximum absolute atomic E-state index is 12.1. The molecule has 0 saturated carbocycles. The van der Waals surface area contributed by atoms with Crippen LogP contribution < -0.4 is 27.6 Å². The molecular weight excluding hydrogens is 587 g/mol. The molecular formula is C28H32F3N7O6. The number of nitrogens with zero attached hydrogens (tertiary/aromatic N) is 2. The van der Waals surface area contributed by atoms with E-state index in [0.29, 0.717) is 12.0 Å². The third kappa shape index (κ3) is 12.3. The number of halogens is 3. The van der Waals surface area contributed by atoms with Crippen molar-refractivity contribution in [2.75, 3.05) is 6.54 Å². The van der Waals surface area contributed by atoms with Gasteiger partial charge in [0.15, 0.2) is 6.04 Å². The number of fused-ring (bicyclic) bond motifs is 1. The van der Waals surface area contributed by atoms with E-state index in [1.807, 2.05) is 59.9 Å². The van der Waals surface area contributed by atoms with Crippen molar-refractivity contribution >= 4 is 34.5 Å². The molecule has 0 aliphatic rings. The lowest BCUT2D eigenvalue weighted by atomic mass is 10.0. The van der Waals surface area contributed by atoms with Gasteiger partial charge >= 0.3 is 18.1 Å². The summed E-state index contributed by atoms with van der Waals surface area (Å²) in [5.74, 6) is -4.08. The lowest BCUT2D eigenvalue weighted by Crippen LogP contribution is -2.52. The average Bonchev–Trinajstić information content (AvgIpc) is 2.98. The number of aliphatic carboxylic acids is 1. The fourth-order valence-corrected chi connectivity index (χ4v) is 3.76. The number of aliphatic imine (C=N–C) groups is 1. The fraction of sp³-hybridized carbons (Fsp3) is 0.286. The van der Waals surface area contributed by atoms with Crippen molar-refractivity contribution in [3.63, 3.8) is 0 Å². The lowest BCUT2D eigenvalue weighted by molar-refractivity contribution is -0.480. The van der Waals surface area contributed by atoms with E-state index in [0.717, 1.165) is 16.3 Å². The van der Waals surface area contributed by atoms with E-state index in [1.165, 1.54) is 0 Å². The van der Waals surface area contributed by atoms with Gasteiger partial charge in [-0.3, -0.25) is 30.6 Å². The summed E-state index contributed by atoms with van der Waals surface area (Å²) in [6.07, 6.45) is -4.55. The van der Waals surface area contributed by atoms with Crippen molar-refractivity contribution < 1.29 is 37.6 Å². The number of nitro groups is 1. The highest BCUT2D eigenvalue weighted by molar-refractivity contribution is 5.88. The molecule has 0 aliphatic carbocycles. The monoisotopic (exact) mass is 619 g/mol. The van der Waals surface area contributed by atoms with Crippen molar-refractivity contribution in [2.45, 2.75) is 44.1 Å². The van der Waals surface area contributed by atoms with Gasteiger partial charge in [0, 0.05) is 17.9 Å². The third-order valence-electron chi connectivity index (χ3n) is 5.92. The van der Waals surface area contributed by atoms with Crippen LogP contribution >= 0.6 is 0 Å². The average molecular weight is 620 g/mol. The molecule has 0 aliphatic heterocycles. The molecule has 2 amide bonds. The van der Waals surface area contributed by atoms with Gasteiger partial charge in [0.05, 0.1) is 6.04 Å². The minimum absolute atomic E-state index is 0.0368. The number of benzene rings is 3. The van der Waals surface area contributed by atoms with Gasteiger partial charge < -0.3 is 21.9 Å².